The maximum Gasteiger partial charge on any atom is 0.301 e. The Balaban J connectivity index is 1.44. The number of benzene rings is 3. The second kappa shape index (κ2) is 10.2. The van der Waals surface area contributed by atoms with Gasteiger partial charge in [0.25, 0.3) is 5.78 Å². The number of carbonyl (C=O) groups excluding carboxylic acids is 2. The van der Waals surface area contributed by atoms with Crippen molar-refractivity contribution in [2.75, 3.05) is 18.1 Å². The minimum atomic E-state index is -0.953. The molecular formula is C29H23N3O6S. The zero-order valence-corrected chi connectivity index (χ0v) is 21.7. The highest BCUT2D eigenvalue weighted by Crippen LogP contribution is 2.44. The molecule has 1 amide bonds. The number of amides is 1. The van der Waals surface area contributed by atoms with Crippen LogP contribution in [0.1, 0.15) is 27.7 Å². The first-order valence-corrected chi connectivity index (χ1v) is 13.1. The van der Waals surface area contributed by atoms with Gasteiger partial charge in [-0.2, -0.15) is 0 Å². The summed E-state index contributed by atoms with van der Waals surface area (Å²) >= 11 is 1.19. The zero-order valence-electron chi connectivity index (χ0n) is 20.9. The van der Waals surface area contributed by atoms with Crippen molar-refractivity contribution in [1.29, 1.82) is 0 Å². The molecule has 1 fully saturated rings. The first-order chi connectivity index (χ1) is 19.0. The minimum absolute atomic E-state index is 0.0651. The molecule has 0 aliphatic carbocycles. The molecule has 9 nitrogen and oxygen atoms in total. The standard InChI is InChI=1S/C29H23N3O6S/c1-17-30-31-29(39-17)32-25(19-8-5-9-21(14-19)38-16-18-6-3-2-4-7-18)24(27(34)28(32)35)26(33)20-10-11-22-23(15-20)37-13-12-36-22/h2-11,14-15,25,33H,12-13,16H2,1H3/t25-/m1/s1. The third-order valence-electron chi connectivity index (χ3n) is 6.40. The summed E-state index contributed by atoms with van der Waals surface area (Å²) in [6, 6.07) is 20.8. The number of aromatic nitrogens is 2. The van der Waals surface area contributed by atoms with Crippen molar-refractivity contribution in [2.45, 2.75) is 19.6 Å². The largest absolute Gasteiger partial charge is 0.507 e. The molecule has 2 aliphatic rings. The number of hydrogen-bond acceptors (Lipinski definition) is 9. The van der Waals surface area contributed by atoms with Crippen LogP contribution in [0.15, 0.2) is 78.4 Å². The van der Waals surface area contributed by atoms with Crippen LogP contribution in [-0.2, 0) is 16.2 Å². The van der Waals surface area contributed by atoms with Gasteiger partial charge in [0, 0.05) is 5.56 Å². The molecule has 196 valence electrons. The number of fused-ring (bicyclic) bond motifs is 1. The Hall–Kier alpha value is -4.70. The van der Waals surface area contributed by atoms with Gasteiger partial charge in [-0.05, 0) is 48.4 Å². The normalized spacial score (nSPS) is 17.9. The minimum Gasteiger partial charge on any atom is -0.507 e. The number of hydrogen-bond donors (Lipinski definition) is 1. The Bertz CT molecular complexity index is 1600. The zero-order chi connectivity index (χ0) is 26.9. The van der Waals surface area contributed by atoms with Crippen LogP contribution in [0.25, 0.3) is 5.76 Å². The number of aryl methyl sites for hydroxylation is 1. The molecule has 0 bridgehead atoms. The van der Waals surface area contributed by atoms with E-state index in [1.54, 1.807) is 49.4 Å². The average Bonchev–Trinajstić information content (AvgIpc) is 3.51. The number of aliphatic hydroxyl groups is 1. The molecule has 1 atom stereocenters. The van der Waals surface area contributed by atoms with Gasteiger partial charge in [0.2, 0.25) is 5.13 Å². The molecule has 6 rings (SSSR count). The molecule has 2 aliphatic heterocycles. The molecule has 1 saturated heterocycles. The summed E-state index contributed by atoms with van der Waals surface area (Å²) in [5, 5.41) is 20.5. The van der Waals surface area contributed by atoms with E-state index in [0.717, 1.165) is 5.56 Å². The van der Waals surface area contributed by atoms with Crippen LogP contribution >= 0.6 is 11.3 Å². The van der Waals surface area contributed by atoms with E-state index in [9.17, 15) is 14.7 Å². The predicted octanol–water partition coefficient (Wildman–Crippen LogP) is 4.82. The Kier molecular flexibility index (Phi) is 6.45. The number of rotatable bonds is 6. The SMILES string of the molecule is Cc1nnc(N2C(=O)C(=O)C(=C(O)c3ccc4c(c3)OCCO4)[C@H]2c2cccc(OCc3ccccc3)c2)s1. The van der Waals surface area contributed by atoms with Crippen molar-refractivity contribution in [3.63, 3.8) is 0 Å². The summed E-state index contributed by atoms with van der Waals surface area (Å²) < 4.78 is 17.2. The molecule has 1 aromatic heterocycles. The topological polar surface area (TPSA) is 111 Å². The number of ketones is 1. The van der Waals surface area contributed by atoms with E-state index < -0.39 is 17.7 Å². The Morgan fingerprint density at radius 2 is 1.79 bits per heavy atom. The van der Waals surface area contributed by atoms with Gasteiger partial charge in [-0.15, -0.1) is 10.2 Å². The van der Waals surface area contributed by atoms with Crippen molar-refractivity contribution >= 4 is 33.9 Å². The Morgan fingerprint density at radius 3 is 2.56 bits per heavy atom. The van der Waals surface area contributed by atoms with Crippen molar-refractivity contribution in [3.8, 4) is 17.2 Å². The molecule has 0 spiro atoms. The van der Waals surface area contributed by atoms with E-state index in [1.165, 1.54) is 16.2 Å². The Labute approximate surface area is 227 Å². The highest BCUT2D eigenvalue weighted by atomic mass is 32.1. The van der Waals surface area contributed by atoms with Crippen molar-refractivity contribution in [1.82, 2.24) is 10.2 Å². The van der Waals surface area contributed by atoms with Gasteiger partial charge in [-0.25, -0.2) is 0 Å². The van der Waals surface area contributed by atoms with Gasteiger partial charge in [0.1, 0.15) is 36.3 Å². The van der Waals surface area contributed by atoms with E-state index >= 15 is 0 Å². The summed E-state index contributed by atoms with van der Waals surface area (Å²) in [7, 11) is 0. The van der Waals surface area contributed by atoms with E-state index in [-0.39, 0.29) is 16.5 Å². The van der Waals surface area contributed by atoms with Crippen LogP contribution in [0.4, 0.5) is 5.13 Å². The van der Waals surface area contributed by atoms with Gasteiger partial charge >= 0.3 is 5.91 Å². The number of carbonyl (C=O) groups is 2. The molecule has 3 heterocycles. The van der Waals surface area contributed by atoms with E-state index in [1.807, 2.05) is 30.3 Å². The number of Topliss-reactive ketones (excluding diaryl/α,β-unsaturated/α-hetero) is 1. The fourth-order valence-electron chi connectivity index (χ4n) is 4.59. The van der Waals surface area contributed by atoms with Crippen molar-refractivity contribution in [2.24, 2.45) is 0 Å². The van der Waals surface area contributed by atoms with Crippen LogP contribution < -0.4 is 19.1 Å². The molecule has 10 heteroatoms. The van der Waals surface area contributed by atoms with Gasteiger partial charge in [-0.1, -0.05) is 53.8 Å². The number of anilines is 1. The van der Waals surface area contributed by atoms with E-state index in [2.05, 4.69) is 10.2 Å². The lowest BCUT2D eigenvalue weighted by Gasteiger charge is -2.23. The van der Waals surface area contributed by atoms with Gasteiger partial charge < -0.3 is 19.3 Å². The van der Waals surface area contributed by atoms with Crippen LogP contribution in [0.2, 0.25) is 0 Å². The average molecular weight is 542 g/mol. The number of nitrogens with zero attached hydrogens (tertiary/aromatic N) is 3. The van der Waals surface area contributed by atoms with Gasteiger partial charge in [0.15, 0.2) is 11.5 Å². The third-order valence-corrected chi connectivity index (χ3v) is 7.24. The lowest BCUT2D eigenvalue weighted by atomic mass is 9.95. The molecule has 39 heavy (non-hydrogen) atoms. The summed E-state index contributed by atoms with van der Waals surface area (Å²) in [4.78, 5) is 28.1. The van der Waals surface area contributed by atoms with Crippen LogP contribution in [0.5, 0.6) is 17.2 Å². The smallest absolute Gasteiger partial charge is 0.301 e. The van der Waals surface area contributed by atoms with E-state index in [0.29, 0.717) is 53.2 Å². The first kappa shape index (κ1) is 24.6. The monoisotopic (exact) mass is 541 g/mol. The second-order valence-corrected chi connectivity index (χ2v) is 10.1. The molecule has 4 aromatic rings. The Morgan fingerprint density at radius 1 is 1.00 bits per heavy atom. The highest BCUT2D eigenvalue weighted by molar-refractivity contribution is 7.15. The van der Waals surface area contributed by atoms with Gasteiger partial charge in [0.05, 0.1) is 11.6 Å². The molecule has 0 unspecified atom stereocenters. The van der Waals surface area contributed by atoms with E-state index in [4.69, 9.17) is 14.2 Å². The lowest BCUT2D eigenvalue weighted by Crippen LogP contribution is -2.29. The lowest BCUT2D eigenvalue weighted by molar-refractivity contribution is -0.132. The third kappa shape index (κ3) is 4.70. The van der Waals surface area contributed by atoms with Crippen molar-refractivity contribution in [3.05, 3.63) is 100 Å². The summed E-state index contributed by atoms with van der Waals surface area (Å²) in [5.41, 5.74) is 1.83. The molecule has 0 radical (unpaired) electrons. The highest BCUT2D eigenvalue weighted by Gasteiger charge is 2.48. The van der Waals surface area contributed by atoms with Crippen LogP contribution in [-0.4, -0.2) is 40.2 Å². The number of ether oxygens (including phenoxy) is 3. The maximum absolute atomic E-state index is 13.4. The quantitative estimate of drug-likeness (QED) is 0.210. The summed E-state index contributed by atoms with van der Waals surface area (Å²) in [6.45, 7) is 2.90. The summed E-state index contributed by atoms with van der Waals surface area (Å²) in [5.74, 6) is -0.402. The first-order valence-electron chi connectivity index (χ1n) is 12.3. The van der Waals surface area contributed by atoms with Crippen LogP contribution in [0, 0.1) is 6.92 Å². The van der Waals surface area contributed by atoms with Gasteiger partial charge in [-0.3, -0.25) is 14.5 Å². The van der Waals surface area contributed by atoms with Crippen molar-refractivity contribution < 1.29 is 28.9 Å². The molecule has 1 N–H and O–H groups in total. The fourth-order valence-corrected chi connectivity index (χ4v) is 5.30. The summed E-state index contributed by atoms with van der Waals surface area (Å²) in [6.07, 6.45) is 0. The molecule has 0 saturated carbocycles. The predicted molar refractivity (Wildman–Crippen MR) is 144 cm³/mol. The second-order valence-electron chi connectivity index (χ2n) is 8.98. The van der Waals surface area contributed by atoms with Crippen LogP contribution in [0.3, 0.4) is 0 Å². The fraction of sp³-hybridized carbons (Fsp3) is 0.172. The molecular weight excluding hydrogens is 518 g/mol. The number of aliphatic hydroxyl groups excluding tert-OH is 1. The maximum atomic E-state index is 13.4. The molecule has 3 aromatic carbocycles.